The van der Waals surface area contributed by atoms with E-state index in [-0.39, 0.29) is 0 Å². The molecule has 0 atom stereocenters. The number of benzene rings is 1. The van der Waals surface area contributed by atoms with Crippen molar-refractivity contribution in [2.75, 3.05) is 25.0 Å². The van der Waals surface area contributed by atoms with Crippen LogP contribution in [0, 0.1) is 6.92 Å². The van der Waals surface area contributed by atoms with E-state index in [1.54, 1.807) is 0 Å². The van der Waals surface area contributed by atoms with Gasteiger partial charge in [-0.3, -0.25) is 0 Å². The number of anilines is 1. The minimum Gasteiger partial charge on any atom is -0.384 e. The molecule has 0 aliphatic heterocycles. The van der Waals surface area contributed by atoms with Gasteiger partial charge in [0.25, 0.3) is 0 Å². The lowest BCUT2D eigenvalue weighted by Gasteiger charge is -2.09. The minimum absolute atomic E-state index is 0.779. The molecule has 3 heteroatoms. The predicted molar refractivity (Wildman–Crippen MR) is 63.2 cm³/mol. The average Bonchev–Trinajstić information content (AvgIpc) is 2.18. The molecule has 0 aliphatic rings. The Morgan fingerprint density at radius 2 is 2.07 bits per heavy atom. The first kappa shape index (κ1) is 11.3. The molecule has 0 spiro atoms. The van der Waals surface area contributed by atoms with Crippen LogP contribution in [0.1, 0.15) is 12.5 Å². The van der Waals surface area contributed by atoms with Gasteiger partial charge in [-0.15, -0.1) is 0 Å². The van der Waals surface area contributed by atoms with Crippen molar-refractivity contribution in [3.05, 3.63) is 28.8 Å². The van der Waals surface area contributed by atoms with Gasteiger partial charge < -0.3 is 10.6 Å². The SMILES string of the molecule is CCNCCNc1cc(Cl)ccc1C. The molecule has 0 heterocycles. The highest BCUT2D eigenvalue weighted by Gasteiger charge is 1.97. The molecule has 1 aromatic carbocycles. The standard InChI is InChI=1S/C11H17ClN2/c1-3-13-6-7-14-11-8-10(12)5-4-9(11)2/h4-5,8,13-14H,3,6-7H2,1-2H3. The van der Waals surface area contributed by atoms with Crippen molar-refractivity contribution in [3.8, 4) is 0 Å². The van der Waals surface area contributed by atoms with Crippen molar-refractivity contribution in [2.45, 2.75) is 13.8 Å². The Bertz CT molecular complexity index is 287. The van der Waals surface area contributed by atoms with Crippen LogP contribution in [0.4, 0.5) is 5.69 Å². The summed E-state index contributed by atoms with van der Waals surface area (Å²) in [6.07, 6.45) is 0. The summed E-state index contributed by atoms with van der Waals surface area (Å²) in [5.74, 6) is 0. The molecular weight excluding hydrogens is 196 g/mol. The Hall–Kier alpha value is -0.730. The van der Waals surface area contributed by atoms with Crippen molar-refractivity contribution in [3.63, 3.8) is 0 Å². The molecule has 14 heavy (non-hydrogen) atoms. The molecule has 78 valence electrons. The first-order valence-electron chi connectivity index (χ1n) is 4.94. The zero-order valence-electron chi connectivity index (χ0n) is 8.73. The van der Waals surface area contributed by atoms with Crippen LogP contribution in [0.2, 0.25) is 5.02 Å². The van der Waals surface area contributed by atoms with E-state index in [1.165, 1.54) is 5.56 Å². The summed E-state index contributed by atoms with van der Waals surface area (Å²) in [5.41, 5.74) is 2.35. The molecule has 0 unspecified atom stereocenters. The van der Waals surface area contributed by atoms with E-state index in [9.17, 15) is 0 Å². The molecule has 0 aliphatic carbocycles. The van der Waals surface area contributed by atoms with Crippen LogP contribution in [0.3, 0.4) is 0 Å². The Kier molecular flexibility index (Phi) is 4.77. The molecule has 0 aromatic heterocycles. The lowest BCUT2D eigenvalue weighted by Crippen LogP contribution is -2.21. The predicted octanol–water partition coefficient (Wildman–Crippen LogP) is 2.67. The zero-order valence-corrected chi connectivity index (χ0v) is 9.49. The number of hydrogen-bond acceptors (Lipinski definition) is 2. The number of halogens is 1. The van der Waals surface area contributed by atoms with E-state index in [0.29, 0.717) is 0 Å². The maximum absolute atomic E-state index is 5.90. The van der Waals surface area contributed by atoms with Crippen LogP contribution in [-0.2, 0) is 0 Å². The molecular formula is C11H17ClN2. The fourth-order valence-electron chi connectivity index (χ4n) is 1.25. The van der Waals surface area contributed by atoms with Crippen LogP contribution in [0.5, 0.6) is 0 Å². The van der Waals surface area contributed by atoms with E-state index in [1.807, 2.05) is 18.2 Å². The molecule has 0 amide bonds. The highest BCUT2D eigenvalue weighted by molar-refractivity contribution is 6.30. The Labute approximate surface area is 90.7 Å². The van der Waals surface area contributed by atoms with E-state index in [4.69, 9.17) is 11.6 Å². The van der Waals surface area contributed by atoms with Gasteiger partial charge >= 0.3 is 0 Å². The van der Waals surface area contributed by atoms with Gasteiger partial charge in [-0.2, -0.15) is 0 Å². The van der Waals surface area contributed by atoms with Gasteiger partial charge in [-0.25, -0.2) is 0 Å². The maximum Gasteiger partial charge on any atom is 0.0426 e. The lowest BCUT2D eigenvalue weighted by molar-refractivity contribution is 0.739. The van der Waals surface area contributed by atoms with Gasteiger partial charge in [0.1, 0.15) is 0 Å². The van der Waals surface area contributed by atoms with Gasteiger partial charge in [0, 0.05) is 23.8 Å². The third-order valence-corrected chi connectivity index (χ3v) is 2.30. The third kappa shape index (κ3) is 3.56. The summed E-state index contributed by atoms with van der Waals surface area (Å²) in [7, 11) is 0. The fraction of sp³-hybridized carbons (Fsp3) is 0.455. The van der Waals surface area contributed by atoms with Gasteiger partial charge in [-0.1, -0.05) is 24.6 Å². The molecule has 0 bridgehead atoms. The molecule has 0 radical (unpaired) electrons. The lowest BCUT2D eigenvalue weighted by atomic mass is 10.2. The van der Waals surface area contributed by atoms with Crippen LogP contribution < -0.4 is 10.6 Å². The monoisotopic (exact) mass is 212 g/mol. The van der Waals surface area contributed by atoms with E-state index in [2.05, 4.69) is 24.5 Å². The summed E-state index contributed by atoms with van der Waals surface area (Å²) < 4.78 is 0. The van der Waals surface area contributed by atoms with Gasteiger partial charge in [0.2, 0.25) is 0 Å². The van der Waals surface area contributed by atoms with Gasteiger partial charge in [0.05, 0.1) is 0 Å². The van der Waals surface area contributed by atoms with E-state index < -0.39 is 0 Å². The zero-order chi connectivity index (χ0) is 10.4. The summed E-state index contributed by atoms with van der Waals surface area (Å²) in [4.78, 5) is 0. The van der Waals surface area contributed by atoms with E-state index in [0.717, 1.165) is 30.3 Å². The van der Waals surface area contributed by atoms with Crippen molar-refractivity contribution in [1.29, 1.82) is 0 Å². The topological polar surface area (TPSA) is 24.1 Å². The second-order valence-electron chi connectivity index (χ2n) is 3.24. The van der Waals surface area contributed by atoms with E-state index >= 15 is 0 Å². The fourth-order valence-corrected chi connectivity index (χ4v) is 1.42. The summed E-state index contributed by atoms with van der Waals surface area (Å²) in [5, 5.41) is 7.38. The molecule has 0 fully saturated rings. The first-order valence-corrected chi connectivity index (χ1v) is 5.32. The summed E-state index contributed by atoms with van der Waals surface area (Å²) in [6, 6.07) is 5.90. The third-order valence-electron chi connectivity index (χ3n) is 2.07. The quantitative estimate of drug-likeness (QED) is 0.734. The largest absolute Gasteiger partial charge is 0.384 e. The van der Waals surface area contributed by atoms with Crippen LogP contribution in [0.15, 0.2) is 18.2 Å². The maximum atomic E-state index is 5.90. The number of hydrogen-bond donors (Lipinski definition) is 2. The number of nitrogens with one attached hydrogen (secondary N) is 2. The first-order chi connectivity index (χ1) is 6.74. The molecule has 0 saturated carbocycles. The van der Waals surface area contributed by atoms with Crippen molar-refractivity contribution >= 4 is 17.3 Å². The van der Waals surface area contributed by atoms with Gasteiger partial charge in [0.15, 0.2) is 0 Å². The Balaban J connectivity index is 2.45. The normalized spacial score (nSPS) is 10.2. The summed E-state index contributed by atoms with van der Waals surface area (Å²) in [6.45, 7) is 7.09. The summed E-state index contributed by atoms with van der Waals surface area (Å²) >= 11 is 5.90. The molecule has 1 aromatic rings. The average molecular weight is 213 g/mol. The second kappa shape index (κ2) is 5.89. The van der Waals surface area contributed by atoms with Crippen molar-refractivity contribution in [2.24, 2.45) is 0 Å². The molecule has 0 saturated heterocycles. The van der Waals surface area contributed by atoms with Crippen LogP contribution in [-0.4, -0.2) is 19.6 Å². The van der Waals surface area contributed by atoms with Gasteiger partial charge in [-0.05, 0) is 31.2 Å². The van der Waals surface area contributed by atoms with Crippen LogP contribution >= 0.6 is 11.6 Å². The molecule has 2 N–H and O–H groups in total. The smallest absolute Gasteiger partial charge is 0.0426 e. The number of likely N-dealkylation sites (N-methyl/N-ethyl adjacent to an activating group) is 1. The molecule has 2 nitrogen and oxygen atoms in total. The Morgan fingerprint density at radius 3 is 2.79 bits per heavy atom. The second-order valence-corrected chi connectivity index (χ2v) is 3.68. The van der Waals surface area contributed by atoms with Crippen molar-refractivity contribution in [1.82, 2.24) is 5.32 Å². The Morgan fingerprint density at radius 1 is 1.29 bits per heavy atom. The number of aryl methyl sites for hydroxylation is 1. The molecule has 1 rings (SSSR count). The van der Waals surface area contributed by atoms with Crippen molar-refractivity contribution < 1.29 is 0 Å². The minimum atomic E-state index is 0.779. The highest BCUT2D eigenvalue weighted by Crippen LogP contribution is 2.19. The highest BCUT2D eigenvalue weighted by atomic mass is 35.5. The number of rotatable bonds is 5. The van der Waals surface area contributed by atoms with Crippen LogP contribution in [0.25, 0.3) is 0 Å².